The molecule has 144 valence electrons. The van der Waals surface area contributed by atoms with E-state index in [4.69, 9.17) is 10.5 Å². The van der Waals surface area contributed by atoms with Crippen molar-refractivity contribution in [3.05, 3.63) is 28.7 Å². The summed E-state index contributed by atoms with van der Waals surface area (Å²) in [4.78, 5) is 37.5. The second-order valence-corrected chi connectivity index (χ2v) is 7.76. The Morgan fingerprint density at radius 3 is 2.27 bits per heavy atom. The van der Waals surface area contributed by atoms with E-state index in [0.29, 0.717) is 18.5 Å². The molecule has 1 aromatic rings. The van der Waals surface area contributed by atoms with E-state index in [1.165, 1.54) is 0 Å². The van der Waals surface area contributed by atoms with Crippen LogP contribution in [0.2, 0.25) is 0 Å². The lowest BCUT2D eigenvalue weighted by atomic mass is 10.1. The summed E-state index contributed by atoms with van der Waals surface area (Å²) in [6, 6.07) is 5.28. The van der Waals surface area contributed by atoms with Gasteiger partial charge in [-0.05, 0) is 51.5 Å². The first-order valence-corrected chi connectivity index (χ1v) is 9.17. The smallest absolute Gasteiger partial charge is 0.329 e. The van der Waals surface area contributed by atoms with E-state index in [-0.39, 0.29) is 6.54 Å². The highest BCUT2D eigenvalue weighted by atomic mass is 79.9. The molecular formula is C18H26BrN3O4. The molecule has 1 aromatic carbocycles. The van der Waals surface area contributed by atoms with Gasteiger partial charge in [-0.15, -0.1) is 0 Å². The highest BCUT2D eigenvalue weighted by Crippen LogP contribution is 2.18. The fraction of sp³-hybridized carbons (Fsp3) is 0.500. The van der Waals surface area contributed by atoms with Crippen molar-refractivity contribution in [1.82, 2.24) is 5.32 Å². The van der Waals surface area contributed by atoms with E-state index in [2.05, 4.69) is 21.2 Å². The van der Waals surface area contributed by atoms with E-state index >= 15 is 0 Å². The lowest BCUT2D eigenvalue weighted by Crippen LogP contribution is -2.49. The first-order valence-electron chi connectivity index (χ1n) is 8.38. The van der Waals surface area contributed by atoms with Gasteiger partial charge in [0.25, 0.3) is 0 Å². The summed E-state index contributed by atoms with van der Waals surface area (Å²) in [6.45, 7) is 6.90. The summed E-state index contributed by atoms with van der Waals surface area (Å²) < 4.78 is 6.18. The van der Waals surface area contributed by atoms with Gasteiger partial charge in [-0.2, -0.15) is 0 Å². The van der Waals surface area contributed by atoms with Crippen LogP contribution in [0.4, 0.5) is 10.5 Å². The van der Waals surface area contributed by atoms with Gasteiger partial charge in [0.2, 0.25) is 5.91 Å². The minimum Gasteiger partial charge on any atom is -0.458 e. The molecular weight excluding hydrogens is 402 g/mol. The van der Waals surface area contributed by atoms with Crippen molar-refractivity contribution >= 4 is 39.5 Å². The van der Waals surface area contributed by atoms with E-state index in [1.807, 2.05) is 6.92 Å². The Labute approximate surface area is 162 Å². The number of nitrogens with zero attached hydrogens (tertiary/aromatic N) is 1. The summed E-state index contributed by atoms with van der Waals surface area (Å²) in [5.74, 6) is -0.988. The lowest BCUT2D eigenvalue weighted by molar-refractivity contribution is -0.158. The van der Waals surface area contributed by atoms with Crippen LogP contribution in [0.25, 0.3) is 0 Å². The maximum atomic E-state index is 12.4. The molecule has 0 radical (unpaired) electrons. The number of carbonyl (C=O) groups is 3. The average Bonchev–Trinajstić information content (AvgIpc) is 2.51. The van der Waals surface area contributed by atoms with Crippen LogP contribution in [-0.2, 0) is 14.3 Å². The van der Waals surface area contributed by atoms with Crippen molar-refractivity contribution in [1.29, 1.82) is 0 Å². The number of nitrogens with one attached hydrogen (secondary N) is 1. The van der Waals surface area contributed by atoms with Crippen LogP contribution in [0, 0.1) is 0 Å². The zero-order valence-corrected chi connectivity index (χ0v) is 17.1. The molecule has 1 unspecified atom stereocenters. The molecule has 0 spiro atoms. The molecule has 3 N–H and O–H groups in total. The molecule has 0 saturated carbocycles. The number of hydrogen-bond donors (Lipinski definition) is 2. The minimum atomic E-state index is -0.772. The maximum absolute atomic E-state index is 12.4. The zero-order valence-electron chi connectivity index (χ0n) is 15.5. The molecule has 0 aliphatic carbocycles. The number of rotatable bonds is 7. The third-order valence-electron chi connectivity index (χ3n) is 3.31. The minimum absolute atomic E-state index is 0.292. The van der Waals surface area contributed by atoms with Crippen molar-refractivity contribution < 1.29 is 19.1 Å². The molecule has 0 bridgehead atoms. The number of anilines is 1. The van der Waals surface area contributed by atoms with E-state index in [0.717, 1.165) is 9.37 Å². The van der Waals surface area contributed by atoms with Gasteiger partial charge in [-0.25, -0.2) is 9.59 Å². The molecule has 7 nitrogen and oxygen atoms in total. The zero-order chi connectivity index (χ0) is 19.9. The lowest BCUT2D eigenvalue weighted by Gasteiger charge is -2.25. The largest absolute Gasteiger partial charge is 0.458 e. The topological polar surface area (TPSA) is 102 Å². The fourth-order valence-corrected chi connectivity index (χ4v) is 2.48. The number of esters is 1. The molecule has 0 fully saturated rings. The van der Waals surface area contributed by atoms with Gasteiger partial charge in [-0.1, -0.05) is 29.3 Å². The Bertz CT molecular complexity index is 641. The van der Waals surface area contributed by atoms with Gasteiger partial charge in [-0.3, -0.25) is 9.69 Å². The van der Waals surface area contributed by atoms with Crippen molar-refractivity contribution in [3.63, 3.8) is 0 Å². The molecule has 26 heavy (non-hydrogen) atoms. The normalized spacial score (nSPS) is 12.2. The van der Waals surface area contributed by atoms with Crippen molar-refractivity contribution in [3.8, 4) is 0 Å². The highest BCUT2D eigenvalue weighted by molar-refractivity contribution is 9.10. The van der Waals surface area contributed by atoms with Crippen LogP contribution in [0.3, 0.4) is 0 Å². The molecule has 8 heteroatoms. The predicted molar refractivity (Wildman–Crippen MR) is 104 cm³/mol. The Morgan fingerprint density at radius 2 is 1.81 bits per heavy atom. The number of ether oxygens (including phenoxy) is 1. The summed E-state index contributed by atoms with van der Waals surface area (Å²) >= 11 is 3.31. The molecule has 1 rings (SSSR count). The Balaban J connectivity index is 2.82. The number of nitrogens with two attached hydrogens (primary N) is 1. The van der Waals surface area contributed by atoms with Crippen LogP contribution in [-0.4, -0.2) is 36.1 Å². The molecule has 0 aliphatic rings. The first-order chi connectivity index (χ1) is 12.0. The SMILES string of the molecule is CCCC(NC(=O)CN(C(N)=O)c1ccc(Br)cc1)C(=O)OC(C)(C)C. The van der Waals surface area contributed by atoms with Gasteiger partial charge in [0.15, 0.2) is 0 Å². The van der Waals surface area contributed by atoms with Crippen LogP contribution < -0.4 is 16.0 Å². The molecule has 1 atom stereocenters. The number of hydrogen-bond acceptors (Lipinski definition) is 4. The number of primary amides is 1. The van der Waals surface area contributed by atoms with Crippen LogP contribution >= 0.6 is 15.9 Å². The number of benzene rings is 1. The summed E-state index contributed by atoms with van der Waals surface area (Å²) in [5, 5.41) is 2.63. The van der Waals surface area contributed by atoms with Gasteiger partial charge >= 0.3 is 12.0 Å². The standard InChI is InChI=1S/C18H26BrN3O4/c1-5-6-14(16(24)26-18(2,3)4)21-15(23)11-22(17(20)25)13-9-7-12(19)8-10-13/h7-10,14H,5-6,11H2,1-4H3,(H2,20,25)(H,21,23). The molecule has 0 heterocycles. The van der Waals surface area contributed by atoms with Crippen molar-refractivity contribution in [2.24, 2.45) is 5.73 Å². The summed E-state index contributed by atoms with van der Waals surface area (Å²) in [6.07, 6.45) is 1.13. The van der Waals surface area contributed by atoms with E-state index in [9.17, 15) is 14.4 Å². The van der Waals surface area contributed by atoms with Gasteiger partial charge in [0, 0.05) is 10.2 Å². The average molecular weight is 428 g/mol. The van der Waals surface area contributed by atoms with E-state index in [1.54, 1.807) is 45.0 Å². The van der Waals surface area contributed by atoms with Gasteiger partial charge in [0.05, 0.1) is 0 Å². The number of urea groups is 1. The van der Waals surface area contributed by atoms with Crippen molar-refractivity contribution in [2.45, 2.75) is 52.2 Å². The second kappa shape index (κ2) is 9.56. The molecule has 0 aromatic heterocycles. The second-order valence-electron chi connectivity index (χ2n) is 6.84. The predicted octanol–water partition coefficient (Wildman–Crippen LogP) is 2.96. The molecule has 0 aliphatic heterocycles. The number of halogens is 1. The molecule has 3 amide bonds. The van der Waals surface area contributed by atoms with Crippen LogP contribution in [0.5, 0.6) is 0 Å². The quantitative estimate of drug-likeness (QED) is 0.652. The van der Waals surface area contributed by atoms with Gasteiger partial charge in [0.1, 0.15) is 18.2 Å². The van der Waals surface area contributed by atoms with Gasteiger partial charge < -0.3 is 15.8 Å². The maximum Gasteiger partial charge on any atom is 0.329 e. The Hall–Kier alpha value is -2.09. The number of amides is 3. The molecule has 0 saturated heterocycles. The fourth-order valence-electron chi connectivity index (χ4n) is 2.21. The summed E-state index contributed by atoms with van der Waals surface area (Å²) in [7, 11) is 0. The Morgan fingerprint density at radius 1 is 1.23 bits per heavy atom. The van der Waals surface area contributed by atoms with E-state index < -0.39 is 29.6 Å². The van der Waals surface area contributed by atoms with Crippen molar-refractivity contribution in [2.75, 3.05) is 11.4 Å². The number of carbonyl (C=O) groups excluding carboxylic acids is 3. The first kappa shape index (κ1) is 22.0. The van der Waals surface area contributed by atoms with Crippen LogP contribution in [0.15, 0.2) is 28.7 Å². The van der Waals surface area contributed by atoms with Crippen LogP contribution in [0.1, 0.15) is 40.5 Å². The third-order valence-corrected chi connectivity index (χ3v) is 3.84. The highest BCUT2D eigenvalue weighted by Gasteiger charge is 2.27. The third kappa shape index (κ3) is 7.43. The monoisotopic (exact) mass is 427 g/mol. The summed E-state index contributed by atoms with van der Waals surface area (Å²) in [5.41, 5.74) is 5.23. The Kier molecular flexibility index (Phi) is 8.08.